The van der Waals surface area contributed by atoms with Crippen LogP contribution in [0, 0.1) is 0 Å². The van der Waals surface area contributed by atoms with Gasteiger partial charge in [-0.05, 0) is 30.5 Å². The van der Waals surface area contributed by atoms with E-state index in [1.807, 2.05) is 12.1 Å². The molecule has 0 bridgehead atoms. The molecule has 0 aliphatic carbocycles. The number of methoxy groups -OCH3 is 1. The van der Waals surface area contributed by atoms with E-state index < -0.39 is 0 Å². The first-order valence-electron chi connectivity index (χ1n) is 8.92. The fourth-order valence-electron chi connectivity index (χ4n) is 2.16. The van der Waals surface area contributed by atoms with Crippen molar-refractivity contribution in [1.29, 1.82) is 0 Å². The van der Waals surface area contributed by atoms with Crippen LogP contribution in [0.1, 0.15) is 31.7 Å². The summed E-state index contributed by atoms with van der Waals surface area (Å²) in [6, 6.07) is 8.04. The third-order valence-corrected chi connectivity index (χ3v) is 3.81. The van der Waals surface area contributed by atoms with Gasteiger partial charge in [0, 0.05) is 27.2 Å². The fraction of sp³-hybridized carbons (Fsp3) is 0.579. The topological polar surface area (TPSA) is 66.0 Å². The van der Waals surface area contributed by atoms with E-state index in [0.717, 1.165) is 31.7 Å². The molecule has 0 aliphatic heterocycles. The molecule has 6 nitrogen and oxygen atoms in total. The average molecular weight is 348 g/mol. The Morgan fingerprint density at radius 3 is 2.40 bits per heavy atom. The summed E-state index contributed by atoms with van der Waals surface area (Å²) in [5, 5.41) is 6.61. The number of likely N-dealkylation sites (N-methyl/N-ethyl adjacent to an activating group) is 1. The van der Waals surface area contributed by atoms with Crippen LogP contribution in [-0.4, -0.2) is 57.6 Å². The Labute approximate surface area is 151 Å². The SMILES string of the molecule is CCCCCNC(=NCC(=O)N(C)C)NCCc1ccc(OC)cc1. The first kappa shape index (κ1) is 20.8. The van der Waals surface area contributed by atoms with Crippen LogP contribution in [-0.2, 0) is 11.2 Å². The minimum Gasteiger partial charge on any atom is -0.497 e. The van der Waals surface area contributed by atoms with Crippen molar-refractivity contribution in [3.8, 4) is 5.75 Å². The lowest BCUT2D eigenvalue weighted by Gasteiger charge is -2.14. The Morgan fingerprint density at radius 1 is 1.12 bits per heavy atom. The number of ether oxygens (including phenoxy) is 1. The molecule has 0 atom stereocenters. The van der Waals surface area contributed by atoms with Gasteiger partial charge in [-0.25, -0.2) is 4.99 Å². The largest absolute Gasteiger partial charge is 0.497 e. The number of carbonyl (C=O) groups excluding carboxylic acids is 1. The molecule has 25 heavy (non-hydrogen) atoms. The number of benzene rings is 1. The van der Waals surface area contributed by atoms with Gasteiger partial charge in [0.1, 0.15) is 12.3 Å². The Hall–Kier alpha value is -2.24. The van der Waals surface area contributed by atoms with E-state index in [4.69, 9.17) is 4.74 Å². The summed E-state index contributed by atoms with van der Waals surface area (Å²) in [4.78, 5) is 17.7. The first-order chi connectivity index (χ1) is 12.1. The molecular formula is C19H32N4O2. The molecule has 0 fully saturated rings. The second-order valence-corrected chi connectivity index (χ2v) is 6.11. The molecule has 0 heterocycles. The van der Waals surface area contributed by atoms with E-state index in [-0.39, 0.29) is 12.5 Å². The van der Waals surface area contributed by atoms with Crippen molar-refractivity contribution in [3.05, 3.63) is 29.8 Å². The highest BCUT2D eigenvalue weighted by molar-refractivity contribution is 5.84. The molecule has 2 N–H and O–H groups in total. The van der Waals surface area contributed by atoms with Crippen LogP contribution < -0.4 is 15.4 Å². The first-order valence-corrected chi connectivity index (χ1v) is 8.92. The summed E-state index contributed by atoms with van der Waals surface area (Å²) in [5.41, 5.74) is 1.23. The molecule has 0 aliphatic rings. The highest BCUT2D eigenvalue weighted by Crippen LogP contribution is 2.11. The van der Waals surface area contributed by atoms with Gasteiger partial charge in [-0.1, -0.05) is 31.9 Å². The summed E-state index contributed by atoms with van der Waals surface area (Å²) < 4.78 is 5.17. The lowest BCUT2D eigenvalue weighted by Crippen LogP contribution is -2.40. The Bertz CT molecular complexity index is 527. The molecule has 1 rings (SSSR count). The van der Waals surface area contributed by atoms with Gasteiger partial charge in [0.25, 0.3) is 0 Å². The number of nitrogens with one attached hydrogen (secondary N) is 2. The Balaban J connectivity index is 2.49. The number of rotatable bonds is 10. The summed E-state index contributed by atoms with van der Waals surface area (Å²) in [6.07, 6.45) is 4.33. The molecule has 1 aromatic rings. The van der Waals surface area contributed by atoms with Crippen LogP contribution in [0.2, 0.25) is 0 Å². The monoisotopic (exact) mass is 348 g/mol. The number of amides is 1. The third-order valence-electron chi connectivity index (χ3n) is 3.81. The van der Waals surface area contributed by atoms with Crippen molar-refractivity contribution in [2.45, 2.75) is 32.6 Å². The Kier molecular flexibility index (Phi) is 10.1. The summed E-state index contributed by atoms with van der Waals surface area (Å²) in [5.74, 6) is 1.54. The van der Waals surface area contributed by atoms with Gasteiger partial charge < -0.3 is 20.3 Å². The average Bonchev–Trinajstić information content (AvgIpc) is 2.62. The normalized spacial score (nSPS) is 11.1. The van der Waals surface area contributed by atoms with Gasteiger partial charge >= 0.3 is 0 Å². The number of hydrogen-bond donors (Lipinski definition) is 2. The van der Waals surface area contributed by atoms with Crippen LogP contribution in [0.4, 0.5) is 0 Å². The van der Waals surface area contributed by atoms with Crippen molar-refractivity contribution < 1.29 is 9.53 Å². The molecule has 0 saturated carbocycles. The van der Waals surface area contributed by atoms with Crippen LogP contribution in [0.25, 0.3) is 0 Å². The molecule has 0 aromatic heterocycles. The molecule has 0 unspecified atom stereocenters. The van der Waals surface area contributed by atoms with E-state index in [2.05, 4.69) is 34.7 Å². The van der Waals surface area contributed by atoms with Crippen molar-refractivity contribution in [2.75, 3.05) is 40.8 Å². The van der Waals surface area contributed by atoms with Gasteiger partial charge in [-0.2, -0.15) is 0 Å². The van der Waals surface area contributed by atoms with Gasteiger partial charge in [0.2, 0.25) is 5.91 Å². The van der Waals surface area contributed by atoms with Crippen LogP contribution in [0.5, 0.6) is 5.75 Å². The van der Waals surface area contributed by atoms with Crippen molar-refractivity contribution >= 4 is 11.9 Å². The molecule has 0 spiro atoms. The van der Waals surface area contributed by atoms with Gasteiger partial charge in [0.15, 0.2) is 5.96 Å². The summed E-state index contributed by atoms with van der Waals surface area (Å²) in [7, 11) is 5.14. The quantitative estimate of drug-likeness (QED) is 0.386. The zero-order valence-corrected chi connectivity index (χ0v) is 16.0. The number of hydrogen-bond acceptors (Lipinski definition) is 3. The lowest BCUT2D eigenvalue weighted by atomic mass is 10.1. The van der Waals surface area contributed by atoms with E-state index >= 15 is 0 Å². The second-order valence-electron chi connectivity index (χ2n) is 6.11. The maximum absolute atomic E-state index is 11.7. The maximum atomic E-state index is 11.7. The lowest BCUT2D eigenvalue weighted by molar-refractivity contribution is -0.127. The van der Waals surface area contributed by atoms with Crippen molar-refractivity contribution in [1.82, 2.24) is 15.5 Å². The van der Waals surface area contributed by atoms with E-state index in [0.29, 0.717) is 5.96 Å². The van der Waals surface area contributed by atoms with Crippen molar-refractivity contribution in [3.63, 3.8) is 0 Å². The summed E-state index contributed by atoms with van der Waals surface area (Å²) in [6.45, 7) is 3.94. The van der Waals surface area contributed by atoms with Gasteiger partial charge in [-0.3, -0.25) is 4.79 Å². The minimum absolute atomic E-state index is 0.00943. The maximum Gasteiger partial charge on any atom is 0.243 e. The van der Waals surface area contributed by atoms with Gasteiger partial charge in [0.05, 0.1) is 7.11 Å². The second kappa shape index (κ2) is 12.2. The molecular weight excluding hydrogens is 316 g/mol. The molecule has 1 amide bonds. The third kappa shape index (κ3) is 8.98. The number of nitrogens with zero attached hydrogens (tertiary/aromatic N) is 2. The fourth-order valence-corrected chi connectivity index (χ4v) is 2.16. The predicted molar refractivity (Wildman–Crippen MR) is 103 cm³/mol. The minimum atomic E-state index is -0.00943. The highest BCUT2D eigenvalue weighted by Gasteiger charge is 2.04. The number of carbonyl (C=O) groups is 1. The van der Waals surface area contributed by atoms with E-state index in [1.54, 1.807) is 26.1 Å². The number of guanidine groups is 1. The smallest absolute Gasteiger partial charge is 0.243 e. The summed E-state index contributed by atoms with van der Waals surface area (Å²) >= 11 is 0. The zero-order valence-electron chi connectivity index (χ0n) is 16.0. The standard InChI is InChI=1S/C19H32N4O2/c1-5-6-7-13-20-19(22-15-18(24)23(2)3)21-14-12-16-8-10-17(25-4)11-9-16/h8-11H,5-7,12-15H2,1-4H3,(H2,20,21,22). The van der Waals surface area contributed by atoms with Crippen molar-refractivity contribution in [2.24, 2.45) is 4.99 Å². The number of aliphatic imine (C=N–C) groups is 1. The molecule has 140 valence electrons. The van der Waals surface area contributed by atoms with Crippen LogP contribution in [0.3, 0.4) is 0 Å². The molecule has 6 heteroatoms. The van der Waals surface area contributed by atoms with E-state index in [1.165, 1.54) is 18.4 Å². The molecule has 0 radical (unpaired) electrons. The highest BCUT2D eigenvalue weighted by atomic mass is 16.5. The molecule has 1 aromatic carbocycles. The predicted octanol–water partition coefficient (Wildman–Crippen LogP) is 2.05. The zero-order chi connectivity index (χ0) is 18.5. The van der Waals surface area contributed by atoms with Gasteiger partial charge in [-0.15, -0.1) is 0 Å². The Morgan fingerprint density at radius 2 is 1.80 bits per heavy atom. The van der Waals surface area contributed by atoms with Crippen LogP contribution in [0.15, 0.2) is 29.3 Å². The number of unbranched alkanes of at least 4 members (excludes halogenated alkanes) is 2. The van der Waals surface area contributed by atoms with Crippen LogP contribution >= 0.6 is 0 Å². The molecule has 0 saturated heterocycles. The van der Waals surface area contributed by atoms with E-state index in [9.17, 15) is 4.79 Å².